The Hall–Kier alpha value is -1.57. The summed E-state index contributed by atoms with van der Waals surface area (Å²) in [5, 5.41) is 2.77. The predicted octanol–water partition coefficient (Wildman–Crippen LogP) is 2.09. The Morgan fingerprint density at radius 1 is 1.50 bits per heavy atom. The summed E-state index contributed by atoms with van der Waals surface area (Å²) in [6, 6.07) is 10.1. The minimum absolute atomic E-state index is 0.118. The normalized spacial score (nSPS) is 11.8. The highest BCUT2D eigenvalue weighted by molar-refractivity contribution is 5.86. The molecule has 14 heavy (non-hydrogen) atoms. The van der Waals surface area contributed by atoms with Gasteiger partial charge in [0.05, 0.1) is 0 Å². The topological polar surface area (TPSA) is 29.1 Å². The first kappa shape index (κ1) is 10.5. The molecule has 2 heteroatoms. The smallest absolute Gasteiger partial charge is 0.243 e. The molecule has 1 unspecified atom stereocenters. The highest BCUT2D eigenvalue weighted by Crippen LogP contribution is 2.12. The van der Waals surface area contributed by atoms with Gasteiger partial charge in [-0.25, -0.2) is 0 Å². The number of nitrogens with one attached hydrogen (secondary N) is 1. The fourth-order valence-electron chi connectivity index (χ4n) is 1.23. The third-order valence-corrected chi connectivity index (χ3v) is 2.14. The Kier molecular flexibility index (Phi) is 3.92. The summed E-state index contributed by atoms with van der Waals surface area (Å²) in [6.07, 6.45) is 1.29. The molecule has 1 atom stereocenters. The Balaban J connectivity index is 2.47. The molecule has 0 spiro atoms. The lowest BCUT2D eigenvalue weighted by molar-refractivity contribution is -0.116. The van der Waals surface area contributed by atoms with Gasteiger partial charge in [0.2, 0.25) is 5.91 Å². The van der Waals surface area contributed by atoms with E-state index in [1.807, 2.05) is 18.2 Å². The molecule has 1 amide bonds. The van der Waals surface area contributed by atoms with Crippen molar-refractivity contribution in [3.63, 3.8) is 0 Å². The summed E-state index contributed by atoms with van der Waals surface area (Å²) in [5.74, 6) is 0.216. The maximum absolute atomic E-state index is 10.9. The monoisotopic (exact) mass is 189 g/mol. The van der Waals surface area contributed by atoms with Crippen molar-refractivity contribution in [2.75, 3.05) is 6.54 Å². The quantitative estimate of drug-likeness (QED) is 0.722. The van der Waals surface area contributed by atoms with Gasteiger partial charge >= 0.3 is 0 Å². The maximum Gasteiger partial charge on any atom is 0.243 e. The Bertz CT molecular complexity index is 305. The van der Waals surface area contributed by atoms with Crippen molar-refractivity contribution in [2.45, 2.75) is 12.8 Å². The Labute approximate surface area is 84.6 Å². The molecule has 1 aromatic carbocycles. The van der Waals surface area contributed by atoms with Crippen molar-refractivity contribution in [3.05, 3.63) is 48.6 Å². The molecule has 0 saturated carbocycles. The molecule has 0 bridgehead atoms. The van der Waals surface area contributed by atoms with Gasteiger partial charge in [0.25, 0.3) is 0 Å². The van der Waals surface area contributed by atoms with Crippen LogP contribution in [0.3, 0.4) is 0 Å². The number of carbonyl (C=O) groups excluding carboxylic acids is 1. The van der Waals surface area contributed by atoms with Crippen LogP contribution in [-0.4, -0.2) is 12.5 Å². The summed E-state index contributed by atoms with van der Waals surface area (Å²) in [5.41, 5.74) is 1.23. The fraction of sp³-hybridized carbons (Fsp3) is 0.250. The van der Waals surface area contributed by atoms with Crippen LogP contribution in [0.2, 0.25) is 0 Å². The molecule has 0 aliphatic carbocycles. The van der Waals surface area contributed by atoms with Gasteiger partial charge in [-0.3, -0.25) is 4.79 Å². The molecule has 74 valence electrons. The first-order chi connectivity index (χ1) is 6.74. The molecule has 0 aliphatic rings. The average molecular weight is 189 g/mol. The Morgan fingerprint density at radius 2 is 2.14 bits per heavy atom. The van der Waals surface area contributed by atoms with Crippen molar-refractivity contribution in [3.8, 4) is 0 Å². The van der Waals surface area contributed by atoms with Crippen molar-refractivity contribution >= 4 is 5.91 Å². The van der Waals surface area contributed by atoms with E-state index in [0.29, 0.717) is 12.5 Å². The molecule has 0 saturated heterocycles. The number of rotatable bonds is 4. The van der Waals surface area contributed by atoms with Gasteiger partial charge in [0, 0.05) is 6.54 Å². The SMILES string of the molecule is C=CC(=O)NCC(C)c1ccccc1. The molecule has 1 N–H and O–H groups in total. The van der Waals surface area contributed by atoms with E-state index in [4.69, 9.17) is 0 Å². The third kappa shape index (κ3) is 3.05. The van der Waals surface area contributed by atoms with Gasteiger partial charge in [-0.2, -0.15) is 0 Å². The first-order valence-corrected chi connectivity index (χ1v) is 4.69. The number of amides is 1. The van der Waals surface area contributed by atoms with Gasteiger partial charge in [-0.15, -0.1) is 0 Å². The van der Waals surface area contributed by atoms with E-state index < -0.39 is 0 Å². The van der Waals surface area contributed by atoms with E-state index in [0.717, 1.165) is 0 Å². The van der Waals surface area contributed by atoms with Crippen LogP contribution >= 0.6 is 0 Å². The number of carbonyl (C=O) groups is 1. The molecule has 1 rings (SSSR count). The van der Waals surface area contributed by atoms with Crippen LogP contribution in [0.15, 0.2) is 43.0 Å². The average Bonchev–Trinajstić information content (AvgIpc) is 2.26. The van der Waals surface area contributed by atoms with E-state index in [1.165, 1.54) is 11.6 Å². The maximum atomic E-state index is 10.9. The van der Waals surface area contributed by atoms with Crippen LogP contribution in [-0.2, 0) is 4.79 Å². The van der Waals surface area contributed by atoms with Crippen LogP contribution in [0.5, 0.6) is 0 Å². The number of hydrogen-bond donors (Lipinski definition) is 1. The van der Waals surface area contributed by atoms with Gasteiger partial charge < -0.3 is 5.32 Å². The van der Waals surface area contributed by atoms with E-state index in [9.17, 15) is 4.79 Å². The summed E-state index contributed by atoms with van der Waals surface area (Å²) >= 11 is 0. The van der Waals surface area contributed by atoms with Crippen LogP contribution < -0.4 is 5.32 Å². The molecule has 0 aromatic heterocycles. The van der Waals surface area contributed by atoms with Crippen molar-refractivity contribution in [1.82, 2.24) is 5.32 Å². The summed E-state index contributed by atoms with van der Waals surface area (Å²) < 4.78 is 0. The summed E-state index contributed by atoms with van der Waals surface area (Å²) in [4.78, 5) is 10.9. The van der Waals surface area contributed by atoms with E-state index in [2.05, 4.69) is 31.0 Å². The number of hydrogen-bond acceptors (Lipinski definition) is 1. The molecule has 0 radical (unpaired) electrons. The minimum Gasteiger partial charge on any atom is -0.352 e. The lowest BCUT2D eigenvalue weighted by Gasteiger charge is -2.11. The zero-order valence-corrected chi connectivity index (χ0v) is 8.36. The van der Waals surface area contributed by atoms with Crippen LogP contribution in [0.1, 0.15) is 18.4 Å². The third-order valence-electron chi connectivity index (χ3n) is 2.14. The van der Waals surface area contributed by atoms with Crippen LogP contribution in [0.25, 0.3) is 0 Å². The van der Waals surface area contributed by atoms with Crippen LogP contribution in [0, 0.1) is 0 Å². The molecular formula is C12H15NO. The second-order valence-electron chi connectivity index (χ2n) is 3.26. The molecule has 1 aromatic rings. The molecule has 0 aliphatic heterocycles. The van der Waals surface area contributed by atoms with Crippen LogP contribution in [0.4, 0.5) is 0 Å². The summed E-state index contributed by atoms with van der Waals surface area (Å²) in [7, 11) is 0. The highest BCUT2D eigenvalue weighted by atomic mass is 16.1. The van der Waals surface area contributed by atoms with Crippen molar-refractivity contribution < 1.29 is 4.79 Å². The predicted molar refractivity (Wildman–Crippen MR) is 58.1 cm³/mol. The Morgan fingerprint density at radius 3 is 2.71 bits per heavy atom. The first-order valence-electron chi connectivity index (χ1n) is 4.69. The molecule has 0 fully saturated rings. The standard InChI is InChI=1S/C12H15NO/c1-3-12(14)13-9-10(2)11-7-5-4-6-8-11/h3-8,10H,1,9H2,2H3,(H,13,14). The van der Waals surface area contributed by atoms with E-state index >= 15 is 0 Å². The van der Waals surface area contributed by atoms with Gasteiger partial charge in [-0.1, -0.05) is 43.8 Å². The minimum atomic E-state index is -0.118. The molecular weight excluding hydrogens is 174 g/mol. The largest absolute Gasteiger partial charge is 0.352 e. The second-order valence-corrected chi connectivity index (χ2v) is 3.26. The summed E-state index contributed by atoms with van der Waals surface area (Å²) in [6.45, 7) is 6.13. The zero-order valence-electron chi connectivity index (χ0n) is 8.36. The van der Waals surface area contributed by atoms with Gasteiger partial charge in [0.15, 0.2) is 0 Å². The lowest BCUT2D eigenvalue weighted by Crippen LogP contribution is -2.25. The van der Waals surface area contributed by atoms with Crippen molar-refractivity contribution in [1.29, 1.82) is 0 Å². The zero-order chi connectivity index (χ0) is 10.4. The van der Waals surface area contributed by atoms with E-state index in [-0.39, 0.29) is 5.91 Å². The van der Waals surface area contributed by atoms with Gasteiger partial charge in [0.1, 0.15) is 0 Å². The number of benzene rings is 1. The second kappa shape index (κ2) is 5.22. The molecule has 0 heterocycles. The van der Waals surface area contributed by atoms with Gasteiger partial charge in [-0.05, 0) is 17.6 Å². The van der Waals surface area contributed by atoms with Crippen molar-refractivity contribution in [2.24, 2.45) is 0 Å². The van der Waals surface area contributed by atoms with E-state index in [1.54, 1.807) is 0 Å². The molecule has 2 nitrogen and oxygen atoms in total. The fourth-order valence-corrected chi connectivity index (χ4v) is 1.23. The lowest BCUT2D eigenvalue weighted by atomic mass is 10.0. The highest BCUT2D eigenvalue weighted by Gasteiger charge is 2.04.